The molecule has 1 aromatic carbocycles. The molecule has 4 heteroatoms. The minimum absolute atomic E-state index is 0.0264. The van der Waals surface area contributed by atoms with Gasteiger partial charge in [0.2, 0.25) is 5.91 Å². The van der Waals surface area contributed by atoms with Crippen molar-refractivity contribution >= 4 is 5.91 Å². The Morgan fingerprint density at radius 1 is 1.56 bits per heavy atom. The molecule has 0 radical (unpaired) electrons. The van der Waals surface area contributed by atoms with E-state index >= 15 is 0 Å². The maximum Gasteiger partial charge on any atom is 0.227 e. The number of nitrogens with zero attached hydrogens (tertiary/aromatic N) is 1. The number of likely N-dealkylation sites (tertiary alicyclic amines) is 1. The van der Waals surface area contributed by atoms with Crippen LogP contribution >= 0.6 is 0 Å². The van der Waals surface area contributed by atoms with Gasteiger partial charge >= 0.3 is 0 Å². The van der Waals surface area contributed by atoms with Gasteiger partial charge in [0.15, 0.2) is 0 Å². The SMILES string of the molecule is N[C@@H]1CCN(C(=O)Cc2cccc(F)c2)C1. The summed E-state index contributed by atoms with van der Waals surface area (Å²) in [5, 5.41) is 0. The van der Waals surface area contributed by atoms with Crippen LogP contribution in [0.25, 0.3) is 0 Å². The van der Waals surface area contributed by atoms with Crippen LogP contribution in [0.5, 0.6) is 0 Å². The molecule has 1 aromatic rings. The Bertz CT molecular complexity index is 394. The molecule has 0 bridgehead atoms. The first-order chi connectivity index (χ1) is 7.65. The van der Waals surface area contributed by atoms with Crippen molar-refractivity contribution in [3.05, 3.63) is 35.6 Å². The number of carbonyl (C=O) groups is 1. The second-order valence-electron chi connectivity index (χ2n) is 4.20. The molecule has 1 amide bonds. The quantitative estimate of drug-likeness (QED) is 0.809. The van der Waals surface area contributed by atoms with E-state index in [9.17, 15) is 9.18 Å². The predicted octanol–water partition coefficient (Wildman–Crippen LogP) is 0.928. The number of nitrogens with two attached hydrogens (primary N) is 1. The first kappa shape index (κ1) is 11.1. The van der Waals surface area contributed by atoms with E-state index in [4.69, 9.17) is 5.73 Å². The van der Waals surface area contributed by atoms with Crippen molar-refractivity contribution in [2.24, 2.45) is 5.73 Å². The van der Waals surface area contributed by atoms with Gasteiger partial charge in [-0.15, -0.1) is 0 Å². The number of halogens is 1. The van der Waals surface area contributed by atoms with Gasteiger partial charge in [-0.05, 0) is 24.1 Å². The third-order valence-corrected chi connectivity index (χ3v) is 2.82. The van der Waals surface area contributed by atoms with E-state index in [0.29, 0.717) is 12.1 Å². The van der Waals surface area contributed by atoms with Crippen LogP contribution < -0.4 is 5.73 Å². The van der Waals surface area contributed by atoms with Crippen LogP contribution in [-0.4, -0.2) is 29.9 Å². The lowest BCUT2D eigenvalue weighted by Crippen LogP contribution is -2.32. The van der Waals surface area contributed by atoms with Crippen molar-refractivity contribution in [3.63, 3.8) is 0 Å². The van der Waals surface area contributed by atoms with Gasteiger partial charge in [-0.25, -0.2) is 4.39 Å². The largest absolute Gasteiger partial charge is 0.341 e. The summed E-state index contributed by atoms with van der Waals surface area (Å²) < 4.78 is 12.9. The fraction of sp³-hybridized carbons (Fsp3) is 0.417. The van der Waals surface area contributed by atoms with Crippen molar-refractivity contribution in [2.75, 3.05) is 13.1 Å². The number of benzene rings is 1. The Hall–Kier alpha value is -1.42. The second-order valence-corrected chi connectivity index (χ2v) is 4.20. The first-order valence-corrected chi connectivity index (χ1v) is 5.43. The van der Waals surface area contributed by atoms with Crippen LogP contribution in [0.2, 0.25) is 0 Å². The Kier molecular flexibility index (Phi) is 3.19. The summed E-state index contributed by atoms with van der Waals surface area (Å²) in [6.07, 6.45) is 1.11. The van der Waals surface area contributed by atoms with E-state index in [1.165, 1.54) is 12.1 Å². The number of hydrogen-bond donors (Lipinski definition) is 1. The van der Waals surface area contributed by atoms with E-state index < -0.39 is 0 Å². The van der Waals surface area contributed by atoms with Gasteiger partial charge in [0.1, 0.15) is 5.82 Å². The zero-order valence-corrected chi connectivity index (χ0v) is 9.03. The lowest BCUT2D eigenvalue weighted by atomic mass is 10.1. The molecule has 3 nitrogen and oxygen atoms in total. The monoisotopic (exact) mass is 222 g/mol. The van der Waals surface area contributed by atoms with Gasteiger partial charge in [-0.1, -0.05) is 12.1 Å². The molecule has 1 atom stereocenters. The van der Waals surface area contributed by atoms with Crippen molar-refractivity contribution in [1.29, 1.82) is 0 Å². The molecular formula is C12H15FN2O. The molecule has 16 heavy (non-hydrogen) atoms. The van der Waals surface area contributed by atoms with E-state index in [2.05, 4.69) is 0 Å². The first-order valence-electron chi connectivity index (χ1n) is 5.43. The van der Waals surface area contributed by atoms with Gasteiger partial charge < -0.3 is 10.6 Å². The standard InChI is InChI=1S/C12H15FN2O/c13-10-3-1-2-9(6-10)7-12(16)15-5-4-11(14)8-15/h1-3,6,11H,4-5,7-8,14H2/t11-/m1/s1. The molecule has 1 heterocycles. The Labute approximate surface area is 94.0 Å². The molecule has 0 aliphatic carbocycles. The lowest BCUT2D eigenvalue weighted by molar-refractivity contribution is -0.129. The summed E-state index contributed by atoms with van der Waals surface area (Å²) in [6, 6.07) is 6.25. The highest BCUT2D eigenvalue weighted by Crippen LogP contribution is 2.11. The highest BCUT2D eigenvalue weighted by atomic mass is 19.1. The predicted molar refractivity (Wildman–Crippen MR) is 59.3 cm³/mol. The summed E-state index contributed by atoms with van der Waals surface area (Å²) in [5.41, 5.74) is 6.44. The smallest absolute Gasteiger partial charge is 0.227 e. The molecule has 0 unspecified atom stereocenters. The summed E-state index contributed by atoms with van der Waals surface area (Å²) in [7, 11) is 0. The van der Waals surface area contributed by atoms with E-state index in [1.54, 1.807) is 17.0 Å². The lowest BCUT2D eigenvalue weighted by Gasteiger charge is -2.15. The summed E-state index contributed by atoms with van der Waals surface area (Å²) in [6.45, 7) is 1.34. The zero-order valence-electron chi connectivity index (χ0n) is 9.03. The Morgan fingerprint density at radius 3 is 3.00 bits per heavy atom. The van der Waals surface area contributed by atoms with Crippen LogP contribution in [0.3, 0.4) is 0 Å². The number of hydrogen-bond acceptors (Lipinski definition) is 2. The molecule has 86 valence electrons. The van der Waals surface area contributed by atoms with Gasteiger partial charge in [-0.2, -0.15) is 0 Å². The van der Waals surface area contributed by atoms with E-state index in [-0.39, 0.29) is 24.2 Å². The summed E-state index contributed by atoms with van der Waals surface area (Å²) in [4.78, 5) is 13.6. The maximum atomic E-state index is 12.9. The Morgan fingerprint density at radius 2 is 2.38 bits per heavy atom. The number of amides is 1. The average Bonchev–Trinajstić information content (AvgIpc) is 2.65. The average molecular weight is 222 g/mol. The van der Waals surface area contributed by atoms with E-state index in [1.807, 2.05) is 0 Å². The molecule has 1 aliphatic heterocycles. The highest BCUT2D eigenvalue weighted by Gasteiger charge is 2.23. The number of rotatable bonds is 2. The van der Waals surface area contributed by atoms with Gasteiger partial charge in [0.25, 0.3) is 0 Å². The Balaban J connectivity index is 1.97. The van der Waals surface area contributed by atoms with Gasteiger partial charge in [0, 0.05) is 19.1 Å². The number of carbonyl (C=O) groups excluding carboxylic acids is 1. The summed E-state index contributed by atoms with van der Waals surface area (Å²) in [5.74, 6) is -0.276. The van der Waals surface area contributed by atoms with Crippen molar-refractivity contribution < 1.29 is 9.18 Å². The van der Waals surface area contributed by atoms with Crippen molar-refractivity contribution in [2.45, 2.75) is 18.9 Å². The van der Waals surface area contributed by atoms with Crippen LogP contribution in [-0.2, 0) is 11.2 Å². The molecule has 0 aromatic heterocycles. The fourth-order valence-electron chi connectivity index (χ4n) is 1.95. The molecule has 1 aliphatic rings. The van der Waals surface area contributed by atoms with Crippen LogP contribution in [0, 0.1) is 5.82 Å². The third kappa shape index (κ3) is 2.58. The zero-order chi connectivity index (χ0) is 11.5. The summed E-state index contributed by atoms with van der Waals surface area (Å²) >= 11 is 0. The molecular weight excluding hydrogens is 207 g/mol. The fourth-order valence-corrected chi connectivity index (χ4v) is 1.95. The molecule has 1 saturated heterocycles. The minimum Gasteiger partial charge on any atom is -0.341 e. The highest BCUT2D eigenvalue weighted by molar-refractivity contribution is 5.79. The molecule has 1 fully saturated rings. The third-order valence-electron chi connectivity index (χ3n) is 2.82. The minimum atomic E-state index is -0.302. The molecule has 0 spiro atoms. The van der Waals surface area contributed by atoms with E-state index in [0.717, 1.165) is 13.0 Å². The molecule has 2 N–H and O–H groups in total. The van der Waals surface area contributed by atoms with Crippen LogP contribution in [0.4, 0.5) is 4.39 Å². The topological polar surface area (TPSA) is 46.3 Å². The molecule has 2 rings (SSSR count). The molecule has 0 saturated carbocycles. The van der Waals surface area contributed by atoms with Gasteiger partial charge in [0.05, 0.1) is 6.42 Å². The van der Waals surface area contributed by atoms with Crippen molar-refractivity contribution in [3.8, 4) is 0 Å². The maximum absolute atomic E-state index is 12.9. The normalized spacial score (nSPS) is 20.1. The van der Waals surface area contributed by atoms with Crippen molar-refractivity contribution in [1.82, 2.24) is 4.90 Å². The second kappa shape index (κ2) is 4.61. The van der Waals surface area contributed by atoms with Gasteiger partial charge in [-0.3, -0.25) is 4.79 Å². The van der Waals surface area contributed by atoms with Crippen LogP contribution in [0.1, 0.15) is 12.0 Å². The van der Waals surface area contributed by atoms with Crippen LogP contribution in [0.15, 0.2) is 24.3 Å².